The number of hydrogen-bond donors (Lipinski definition) is 3. The number of carbonyl (C=O) groups excluding carboxylic acids is 1. The van der Waals surface area contributed by atoms with Crippen LogP contribution in [0.5, 0.6) is 0 Å². The van der Waals surface area contributed by atoms with Crippen LogP contribution in [-0.4, -0.2) is 24.4 Å². The second-order valence-electron chi connectivity index (χ2n) is 3.78. The van der Waals surface area contributed by atoms with Crippen LogP contribution in [-0.2, 0) is 4.74 Å². The van der Waals surface area contributed by atoms with Crippen LogP contribution in [0.4, 0.5) is 21.0 Å². The molecule has 2 rings (SSSR count). The average molecular weight is 288 g/mol. The van der Waals surface area contributed by atoms with Gasteiger partial charge in [0.25, 0.3) is 0 Å². The zero-order valence-corrected chi connectivity index (χ0v) is 11.4. The van der Waals surface area contributed by atoms with E-state index in [4.69, 9.17) is 5.11 Å². The maximum atomic E-state index is 10.6. The average Bonchev–Trinajstić information content (AvgIpc) is 2.49. The second-order valence-corrected chi connectivity index (χ2v) is 3.78. The van der Waals surface area contributed by atoms with Crippen LogP contribution in [0.15, 0.2) is 60.7 Å². The first-order chi connectivity index (χ1) is 10.1. The lowest BCUT2D eigenvalue weighted by Crippen LogP contribution is -2.10. The molecular formula is C15H16N2O4. The zero-order chi connectivity index (χ0) is 15.5. The molecule has 0 aromatic heterocycles. The smallest absolute Gasteiger partial charge is 0.411 e. The molecule has 0 atom stereocenters. The molecule has 0 heterocycles. The minimum absolute atomic E-state index is 0.448. The summed E-state index contributed by atoms with van der Waals surface area (Å²) in [7, 11) is 1.33. The Kier molecular flexibility index (Phi) is 6.85. The van der Waals surface area contributed by atoms with E-state index >= 15 is 0 Å². The van der Waals surface area contributed by atoms with E-state index in [1.807, 2.05) is 24.3 Å². The predicted molar refractivity (Wildman–Crippen MR) is 80.6 cm³/mol. The molecule has 6 nitrogen and oxygen atoms in total. The first kappa shape index (κ1) is 16.0. The fourth-order valence-electron chi connectivity index (χ4n) is 1.34. The number of anilines is 2. The first-order valence-corrected chi connectivity index (χ1v) is 6.07. The van der Waals surface area contributed by atoms with Crippen molar-refractivity contribution in [1.82, 2.24) is 0 Å². The molecule has 2 amide bonds. The SMILES string of the molecule is COC(=O)Nc1ccccc1.O=C(O)Nc1ccccc1. The highest BCUT2D eigenvalue weighted by Gasteiger charge is 1.96. The number of benzene rings is 2. The Morgan fingerprint density at radius 3 is 1.67 bits per heavy atom. The molecule has 6 heteroatoms. The highest BCUT2D eigenvalue weighted by molar-refractivity contribution is 5.84. The Bertz CT molecular complexity index is 558. The molecule has 0 spiro atoms. The predicted octanol–water partition coefficient (Wildman–Crippen LogP) is 3.64. The third-order valence-electron chi connectivity index (χ3n) is 2.23. The minimum Gasteiger partial charge on any atom is -0.465 e. The number of rotatable bonds is 2. The number of methoxy groups -OCH3 is 1. The summed E-state index contributed by atoms with van der Waals surface area (Å²) in [5.74, 6) is 0. The second kappa shape index (κ2) is 8.98. The summed E-state index contributed by atoms with van der Waals surface area (Å²) in [6.07, 6.45) is -1.48. The summed E-state index contributed by atoms with van der Waals surface area (Å²) in [4.78, 5) is 20.7. The van der Waals surface area contributed by atoms with E-state index in [9.17, 15) is 9.59 Å². The van der Waals surface area contributed by atoms with Gasteiger partial charge < -0.3 is 9.84 Å². The van der Waals surface area contributed by atoms with Crippen molar-refractivity contribution in [2.45, 2.75) is 0 Å². The molecule has 2 aromatic carbocycles. The van der Waals surface area contributed by atoms with Crippen molar-refractivity contribution < 1.29 is 19.4 Å². The van der Waals surface area contributed by atoms with Crippen molar-refractivity contribution in [1.29, 1.82) is 0 Å². The number of carboxylic acid groups (broad SMARTS) is 1. The van der Waals surface area contributed by atoms with Crippen molar-refractivity contribution in [3.63, 3.8) is 0 Å². The van der Waals surface area contributed by atoms with Gasteiger partial charge in [0, 0.05) is 11.4 Å². The standard InChI is InChI=1S/C8H9NO2.C7H7NO2/c1-11-8(10)9-7-5-3-2-4-6-7;9-7(10)8-6-4-2-1-3-5-6/h2-6H,1H3,(H,9,10);1-5,8H,(H,9,10). The number of para-hydroxylation sites is 2. The molecule has 0 radical (unpaired) electrons. The summed E-state index contributed by atoms with van der Waals surface area (Å²) < 4.78 is 4.40. The van der Waals surface area contributed by atoms with Gasteiger partial charge in [-0.1, -0.05) is 36.4 Å². The van der Waals surface area contributed by atoms with Crippen molar-refractivity contribution in [2.75, 3.05) is 17.7 Å². The first-order valence-electron chi connectivity index (χ1n) is 6.07. The molecule has 0 aliphatic heterocycles. The lowest BCUT2D eigenvalue weighted by atomic mass is 10.3. The Morgan fingerprint density at radius 2 is 1.29 bits per heavy atom. The van der Waals surface area contributed by atoms with Crippen molar-refractivity contribution in [2.24, 2.45) is 0 Å². The van der Waals surface area contributed by atoms with Crippen LogP contribution in [0.2, 0.25) is 0 Å². The number of hydrogen-bond acceptors (Lipinski definition) is 3. The number of amides is 2. The third-order valence-corrected chi connectivity index (χ3v) is 2.23. The molecule has 0 aliphatic carbocycles. The van der Waals surface area contributed by atoms with Crippen LogP contribution in [0.3, 0.4) is 0 Å². The summed E-state index contributed by atoms with van der Waals surface area (Å²) in [5.41, 5.74) is 1.33. The summed E-state index contributed by atoms with van der Waals surface area (Å²) >= 11 is 0. The maximum Gasteiger partial charge on any atom is 0.411 e. The molecule has 21 heavy (non-hydrogen) atoms. The van der Waals surface area contributed by atoms with Gasteiger partial charge in [-0.2, -0.15) is 0 Å². The van der Waals surface area contributed by atoms with Crippen molar-refractivity contribution in [3.8, 4) is 0 Å². The minimum atomic E-state index is -1.04. The molecule has 0 fully saturated rings. The zero-order valence-electron chi connectivity index (χ0n) is 11.4. The molecule has 0 bridgehead atoms. The highest BCUT2D eigenvalue weighted by Crippen LogP contribution is 2.04. The Morgan fingerprint density at radius 1 is 0.857 bits per heavy atom. The molecule has 3 N–H and O–H groups in total. The highest BCUT2D eigenvalue weighted by atomic mass is 16.5. The van der Waals surface area contributed by atoms with E-state index in [0.717, 1.165) is 5.69 Å². The number of carbonyl (C=O) groups is 2. The summed E-state index contributed by atoms with van der Waals surface area (Å²) in [5, 5.41) is 13.0. The van der Waals surface area contributed by atoms with Gasteiger partial charge in [-0.15, -0.1) is 0 Å². The van der Waals surface area contributed by atoms with Crippen LogP contribution >= 0.6 is 0 Å². The van der Waals surface area contributed by atoms with E-state index in [0.29, 0.717) is 5.69 Å². The van der Waals surface area contributed by atoms with E-state index in [-0.39, 0.29) is 0 Å². The van der Waals surface area contributed by atoms with Gasteiger partial charge in [0.15, 0.2) is 0 Å². The van der Waals surface area contributed by atoms with Crippen LogP contribution in [0.1, 0.15) is 0 Å². The lowest BCUT2D eigenvalue weighted by Gasteiger charge is -2.01. The monoisotopic (exact) mass is 288 g/mol. The quantitative estimate of drug-likeness (QED) is 0.787. The topological polar surface area (TPSA) is 87.7 Å². The molecule has 0 aliphatic rings. The van der Waals surface area contributed by atoms with Gasteiger partial charge in [-0.05, 0) is 24.3 Å². The van der Waals surface area contributed by atoms with Crippen LogP contribution in [0.25, 0.3) is 0 Å². The van der Waals surface area contributed by atoms with Crippen molar-refractivity contribution >= 4 is 23.6 Å². The molecule has 0 saturated carbocycles. The van der Waals surface area contributed by atoms with Crippen LogP contribution < -0.4 is 10.6 Å². The van der Waals surface area contributed by atoms with Gasteiger partial charge in [0.05, 0.1) is 7.11 Å². The molecule has 0 saturated heterocycles. The fraction of sp³-hybridized carbons (Fsp3) is 0.0667. The van der Waals surface area contributed by atoms with E-state index in [1.165, 1.54) is 7.11 Å². The molecular weight excluding hydrogens is 272 g/mol. The molecule has 110 valence electrons. The van der Waals surface area contributed by atoms with Gasteiger partial charge in [-0.3, -0.25) is 10.6 Å². The normalized spacial score (nSPS) is 8.81. The Balaban J connectivity index is 0.000000211. The van der Waals surface area contributed by atoms with Crippen molar-refractivity contribution in [3.05, 3.63) is 60.7 Å². The lowest BCUT2D eigenvalue weighted by molar-refractivity contribution is 0.187. The number of nitrogens with one attached hydrogen (secondary N) is 2. The number of ether oxygens (including phenoxy) is 1. The maximum absolute atomic E-state index is 10.6. The summed E-state index contributed by atoms with van der Waals surface area (Å²) in [6, 6.07) is 17.9. The van der Waals surface area contributed by atoms with Crippen LogP contribution in [0, 0.1) is 0 Å². The van der Waals surface area contributed by atoms with Gasteiger partial charge in [-0.25, -0.2) is 9.59 Å². The molecule has 0 unspecified atom stereocenters. The fourth-order valence-corrected chi connectivity index (χ4v) is 1.34. The van der Waals surface area contributed by atoms with Gasteiger partial charge >= 0.3 is 12.2 Å². The summed E-state index contributed by atoms with van der Waals surface area (Å²) in [6.45, 7) is 0. The van der Waals surface area contributed by atoms with E-state index in [2.05, 4.69) is 15.4 Å². The van der Waals surface area contributed by atoms with Gasteiger partial charge in [0.1, 0.15) is 0 Å². The Labute approximate surface area is 122 Å². The third kappa shape index (κ3) is 7.22. The van der Waals surface area contributed by atoms with E-state index in [1.54, 1.807) is 36.4 Å². The van der Waals surface area contributed by atoms with E-state index < -0.39 is 12.2 Å². The Hall–Kier alpha value is -3.02. The largest absolute Gasteiger partial charge is 0.465 e. The van der Waals surface area contributed by atoms with Gasteiger partial charge in [0.2, 0.25) is 0 Å². The molecule has 2 aromatic rings.